The molecule has 0 fully saturated rings. The van der Waals surface area contributed by atoms with Crippen molar-refractivity contribution in [2.45, 2.75) is 38.8 Å². The number of hydrogen-bond acceptors (Lipinski definition) is 0. The van der Waals surface area contributed by atoms with Crippen LogP contribution < -0.4 is 15.6 Å². The summed E-state index contributed by atoms with van der Waals surface area (Å²) in [5.74, 6) is 0. The molecule has 0 saturated carbocycles. The van der Waals surface area contributed by atoms with Crippen LogP contribution in [0.1, 0.15) is 25.7 Å². The van der Waals surface area contributed by atoms with Gasteiger partial charge in [-0.3, -0.25) is 0 Å². The van der Waals surface area contributed by atoms with Crippen molar-refractivity contribution in [3.8, 4) is 0 Å². The first-order valence-electron chi connectivity index (χ1n) is 11.3. The smallest absolute Gasteiger partial charge is 0.0732 e. The van der Waals surface area contributed by atoms with Crippen molar-refractivity contribution >= 4 is 31.7 Å². The standard InChI is InChI=1S/C28H30Si2/c1-29(2,24-15-6-3-7-16-24)28-22-23-14-12-13-21-27(23)30(28,25-17-8-4-9-18-25)26-19-10-5-11-20-26/h3-11,15-20,22H,12-14,21H2,1-2H3. The molecule has 0 amide bonds. The van der Waals surface area contributed by atoms with Crippen LogP contribution >= 0.6 is 0 Å². The quantitative estimate of drug-likeness (QED) is 0.501. The number of rotatable bonds is 4. The molecule has 0 bridgehead atoms. The molecule has 0 radical (unpaired) electrons. The number of allylic oxidation sites excluding steroid dienone is 3. The summed E-state index contributed by atoms with van der Waals surface area (Å²) in [6, 6.07) is 34.4. The van der Waals surface area contributed by atoms with Gasteiger partial charge in [-0.1, -0.05) is 131 Å². The average molecular weight is 423 g/mol. The van der Waals surface area contributed by atoms with Crippen molar-refractivity contribution in [2.24, 2.45) is 0 Å². The molecule has 2 aliphatic rings. The van der Waals surface area contributed by atoms with E-state index in [4.69, 9.17) is 0 Å². The van der Waals surface area contributed by atoms with Gasteiger partial charge in [-0.05, 0) is 36.1 Å². The normalized spacial score (nSPS) is 18.1. The maximum Gasteiger partial charge on any atom is 0.168 e. The molecule has 3 aromatic rings. The predicted molar refractivity (Wildman–Crippen MR) is 135 cm³/mol. The van der Waals surface area contributed by atoms with Crippen LogP contribution in [0.5, 0.6) is 0 Å². The van der Waals surface area contributed by atoms with E-state index in [1.807, 2.05) is 0 Å². The lowest BCUT2D eigenvalue weighted by molar-refractivity contribution is 0.703. The zero-order valence-electron chi connectivity index (χ0n) is 18.1. The van der Waals surface area contributed by atoms with E-state index in [0.29, 0.717) is 0 Å². The van der Waals surface area contributed by atoms with Gasteiger partial charge in [0.15, 0.2) is 8.07 Å². The summed E-state index contributed by atoms with van der Waals surface area (Å²) in [7, 11) is -4.05. The minimum Gasteiger partial charge on any atom is -0.0732 e. The van der Waals surface area contributed by atoms with E-state index < -0.39 is 16.1 Å². The third-order valence-corrected chi connectivity index (χ3v) is 18.4. The van der Waals surface area contributed by atoms with E-state index >= 15 is 0 Å². The van der Waals surface area contributed by atoms with E-state index in [1.54, 1.807) is 31.1 Å². The van der Waals surface area contributed by atoms with Gasteiger partial charge in [0.05, 0.1) is 0 Å². The van der Waals surface area contributed by atoms with Crippen LogP contribution in [-0.2, 0) is 0 Å². The lowest BCUT2D eigenvalue weighted by Gasteiger charge is -2.42. The summed E-state index contributed by atoms with van der Waals surface area (Å²) in [5, 5.41) is 6.51. The topological polar surface area (TPSA) is 0 Å². The highest BCUT2D eigenvalue weighted by Gasteiger charge is 2.53. The van der Waals surface area contributed by atoms with Gasteiger partial charge in [-0.2, -0.15) is 0 Å². The van der Waals surface area contributed by atoms with Gasteiger partial charge in [-0.25, -0.2) is 0 Å². The largest absolute Gasteiger partial charge is 0.168 e. The molecule has 0 spiro atoms. The van der Waals surface area contributed by atoms with Crippen LogP contribution in [0.25, 0.3) is 0 Å². The Morgan fingerprint density at radius 1 is 0.633 bits per heavy atom. The molecule has 150 valence electrons. The Labute approximate surface area is 183 Å². The molecule has 1 heterocycles. The molecule has 0 saturated heterocycles. The molecule has 0 N–H and O–H groups in total. The van der Waals surface area contributed by atoms with Crippen molar-refractivity contribution in [3.05, 3.63) is 113 Å². The van der Waals surface area contributed by atoms with Crippen molar-refractivity contribution < 1.29 is 0 Å². The van der Waals surface area contributed by atoms with Crippen LogP contribution in [0.3, 0.4) is 0 Å². The fourth-order valence-corrected chi connectivity index (χ4v) is 18.2. The molecule has 5 rings (SSSR count). The Kier molecular flexibility index (Phi) is 5.00. The summed E-state index contributed by atoms with van der Waals surface area (Å²) in [6.07, 6.45) is 7.89. The molecular weight excluding hydrogens is 392 g/mol. The van der Waals surface area contributed by atoms with Gasteiger partial charge in [0, 0.05) is 0 Å². The third-order valence-electron chi connectivity index (χ3n) is 7.27. The maximum atomic E-state index is 2.69. The molecule has 0 atom stereocenters. The second kappa shape index (κ2) is 7.68. The van der Waals surface area contributed by atoms with Crippen LogP contribution in [0.4, 0.5) is 0 Å². The molecule has 30 heavy (non-hydrogen) atoms. The molecule has 1 aliphatic carbocycles. The van der Waals surface area contributed by atoms with E-state index in [2.05, 4.69) is 110 Å². The molecule has 0 nitrogen and oxygen atoms in total. The van der Waals surface area contributed by atoms with Gasteiger partial charge < -0.3 is 0 Å². The summed E-state index contributed by atoms with van der Waals surface area (Å²) in [4.78, 5) is 1.80. The van der Waals surface area contributed by atoms with Crippen LogP contribution in [0, 0.1) is 0 Å². The minimum atomic E-state index is -2.19. The summed E-state index contributed by atoms with van der Waals surface area (Å²) >= 11 is 0. The molecule has 3 aromatic carbocycles. The first kappa shape index (κ1) is 19.5. The van der Waals surface area contributed by atoms with Gasteiger partial charge in [0.25, 0.3) is 0 Å². The first-order valence-corrected chi connectivity index (χ1v) is 16.3. The molecule has 2 heteroatoms. The zero-order valence-corrected chi connectivity index (χ0v) is 20.1. The fourth-order valence-electron chi connectivity index (χ4n) is 5.82. The van der Waals surface area contributed by atoms with Crippen LogP contribution in [0.2, 0.25) is 13.1 Å². The van der Waals surface area contributed by atoms with Crippen molar-refractivity contribution in [1.29, 1.82) is 0 Å². The van der Waals surface area contributed by atoms with Crippen molar-refractivity contribution in [2.75, 3.05) is 0 Å². The van der Waals surface area contributed by atoms with Gasteiger partial charge >= 0.3 is 0 Å². The SMILES string of the molecule is C[Si](C)(C1=CC2=C(CCCC2)[Si]1(c1ccccc1)c1ccccc1)c1ccccc1. The highest BCUT2D eigenvalue weighted by atomic mass is 28.4. The number of benzene rings is 3. The Hall–Kier alpha value is -2.43. The lowest BCUT2D eigenvalue weighted by atomic mass is 10.00. The lowest BCUT2D eigenvalue weighted by Crippen LogP contribution is -2.67. The Morgan fingerprint density at radius 3 is 1.70 bits per heavy atom. The molecule has 0 unspecified atom stereocenters. The van der Waals surface area contributed by atoms with Gasteiger partial charge in [0.2, 0.25) is 0 Å². The summed E-state index contributed by atoms with van der Waals surface area (Å²) in [6.45, 7) is 5.17. The molecule has 1 aliphatic heterocycles. The van der Waals surface area contributed by atoms with Gasteiger partial charge in [0.1, 0.15) is 8.07 Å². The van der Waals surface area contributed by atoms with Gasteiger partial charge in [-0.15, -0.1) is 0 Å². The maximum absolute atomic E-state index is 2.69. The third kappa shape index (κ3) is 2.93. The van der Waals surface area contributed by atoms with Crippen molar-refractivity contribution in [1.82, 2.24) is 0 Å². The molecule has 0 aromatic heterocycles. The van der Waals surface area contributed by atoms with E-state index in [9.17, 15) is 0 Å². The van der Waals surface area contributed by atoms with E-state index in [1.165, 1.54) is 25.7 Å². The summed E-state index contributed by atoms with van der Waals surface area (Å²) < 4.78 is 0. The van der Waals surface area contributed by atoms with E-state index in [-0.39, 0.29) is 0 Å². The first-order chi connectivity index (χ1) is 14.6. The fraction of sp³-hybridized carbons (Fsp3) is 0.214. The second-order valence-electron chi connectivity index (χ2n) is 9.24. The monoisotopic (exact) mass is 422 g/mol. The Morgan fingerprint density at radius 2 is 1.13 bits per heavy atom. The zero-order chi connectivity index (χ0) is 20.6. The van der Waals surface area contributed by atoms with Crippen LogP contribution in [0.15, 0.2) is 113 Å². The highest BCUT2D eigenvalue weighted by Crippen LogP contribution is 2.44. The second-order valence-corrected chi connectivity index (χ2v) is 17.9. The predicted octanol–water partition coefficient (Wildman–Crippen LogP) is 5.29. The highest BCUT2D eigenvalue weighted by molar-refractivity contribution is 7.24. The number of hydrogen-bond donors (Lipinski definition) is 0. The summed E-state index contributed by atoms with van der Waals surface area (Å²) in [5.41, 5.74) is 1.67. The Bertz CT molecular complexity index is 1050. The molecular formula is C28H30Si2. The van der Waals surface area contributed by atoms with E-state index in [0.717, 1.165) is 0 Å². The average Bonchev–Trinajstić information content (AvgIpc) is 3.18. The minimum absolute atomic E-state index is 1.26. The van der Waals surface area contributed by atoms with Crippen LogP contribution in [-0.4, -0.2) is 16.1 Å². The Balaban J connectivity index is 1.84. The van der Waals surface area contributed by atoms with Crippen molar-refractivity contribution in [3.63, 3.8) is 0 Å².